The zero-order valence-corrected chi connectivity index (χ0v) is 12.7. The largest absolute Gasteiger partial charge is 0.494 e. The van der Waals surface area contributed by atoms with E-state index in [0.717, 1.165) is 12.1 Å². The first-order chi connectivity index (χ1) is 10.3. The van der Waals surface area contributed by atoms with Crippen LogP contribution in [0.4, 0.5) is 14.5 Å². The van der Waals surface area contributed by atoms with Crippen molar-refractivity contribution < 1.29 is 28.2 Å². The van der Waals surface area contributed by atoms with Gasteiger partial charge in [0.2, 0.25) is 5.91 Å². The second kappa shape index (κ2) is 7.20. The van der Waals surface area contributed by atoms with Gasteiger partial charge in [-0.2, -0.15) is 0 Å². The van der Waals surface area contributed by atoms with Crippen LogP contribution in [-0.4, -0.2) is 24.1 Å². The summed E-state index contributed by atoms with van der Waals surface area (Å²) < 4.78 is 31.9. The summed E-state index contributed by atoms with van der Waals surface area (Å²) >= 11 is 0. The number of halogens is 2. The molecule has 1 amide bonds. The fraction of sp³-hybridized carbons (Fsp3) is 0.467. The van der Waals surface area contributed by atoms with Crippen LogP contribution < -0.4 is 10.1 Å². The van der Waals surface area contributed by atoms with E-state index < -0.39 is 28.9 Å². The zero-order valence-electron chi connectivity index (χ0n) is 12.7. The molecule has 22 heavy (non-hydrogen) atoms. The van der Waals surface area contributed by atoms with E-state index in [1.807, 2.05) is 0 Å². The summed E-state index contributed by atoms with van der Waals surface area (Å²) in [6, 6.07) is 1.61. The molecule has 1 rings (SSSR count). The van der Waals surface area contributed by atoms with Gasteiger partial charge in [-0.3, -0.25) is 9.59 Å². The van der Waals surface area contributed by atoms with Crippen LogP contribution in [-0.2, 0) is 9.59 Å². The van der Waals surface area contributed by atoms with Crippen molar-refractivity contribution in [1.29, 1.82) is 0 Å². The van der Waals surface area contributed by atoms with E-state index in [2.05, 4.69) is 10.1 Å². The van der Waals surface area contributed by atoms with Gasteiger partial charge in [0.25, 0.3) is 0 Å². The first kappa shape index (κ1) is 17.9. The number of methoxy groups -OCH3 is 1. The van der Waals surface area contributed by atoms with Gasteiger partial charge in [0.1, 0.15) is 0 Å². The van der Waals surface area contributed by atoms with Gasteiger partial charge in [-0.05, 0) is 12.8 Å². The minimum Gasteiger partial charge on any atom is -0.494 e. The SMILES string of the molecule is CCC(CC)(CC(=O)Nc1cc(F)c(OC)cc1F)C(=O)O. The quantitative estimate of drug-likeness (QED) is 0.810. The summed E-state index contributed by atoms with van der Waals surface area (Å²) in [4.78, 5) is 23.3. The standard InChI is InChI=1S/C15H19F2NO4/c1-4-15(5-2,14(20)21)8-13(19)18-11-6-10(17)12(22-3)7-9(11)16/h6-7H,4-5,8H2,1-3H3,(H,18,19)(H,20,21). The number of carbonyl (C=O) groups excluding carboxylic acids is 1. The van der Waals surface area contributed by atoms with Gasteiger partial charge >= 0.3 is 5.97 Å². The highest BCUT2D eigenvalue weighted by Crippen LogP contribution is 2.32. The number of amides is 1. The molecular weight excluding hydrogens is 296 g/mol. The molecule has 0 unspecified atom stereocenters. The molecule has 0 fully saturated rings. The number of carboxylic acid groups (broad SMARTS) is 1. The van der Waals surface area contributed by atoms with E-state index in [0.29, 0.717) is 0 Å². The lowest BCUT2D eigenvalue weighted by atomic mass is 9.79. The molecular formula is C15H19F2NO4. The van der Waals surface area contributed by atoms with Crippen LogP contribution in [0.2, 0.25) is 0 Å². The van der Waals surface area contributed by atoms with E-state index in [1.54, 1.807) is 13.8 Å². The Morgan fingerprint density at radius 3 is 2.27 bits per heavy atom. The summed E-state index contributed by atoms with van der Waals surface area (Å²) in [7, 11) is 1.19. The van der Waals surface area contributed by atoms with Crippen LogP contribution in [0.15, 0.2) is 12.1 Å². The summed E-state index contributed by atoms with van der Waals surface area (Å²) in [5.74, 6) is -3.74. The number of benzene rings is 1. The topological polar surface area (TPSA) is 75.6 Å². The Hall–Kier alpha value is -2.18. The van der Waals surface area contributed by atoms with Crippen LogP contribution in [0.3, 0.4) is 0 Å². The number of carboxylic acids is 1. The highest BCUT2D eigenvalue weighted by atomic mass is 19.1. The van der Waals surface area contributed by atoms with Crippen LogP contribution in [0.25, 0.3) is 0 Å². The second-order valence-corrected chi connectivity index (χ2v) is 4.98. The average Bonchev–Trinajstić information content (AvgIpc) is 2.47. The zero-order chi connectivity index (χ0) is 16.9. The minimum absolute atomic E-state index is 0.256. The molecule has 0 atom stereocenters. The van der Waals surface area contributed by atoms with Crippen LogP contribution in [0, 0.1) is 17.0 Å². The normalized spacial score (nSPS) is 11.1. The van der Waals surface area contributed by atoms with Gasteiger partial charge in [-0.25, -0.2) is 8.78 Å². The van der Waals surface area contributed by atoms with E-state index in [4.69, 9.17) is 0 Å². The summed E-state index contributed by atoms with van der Waals surface area (Å²) in [5.41, 5.74) is -1.57. The fourth-order valence-corrected chi connectivity index (χ4v) is 2.16. The van der Waals surface area contributed by atoms with Crippen LogP contribution >= 0.6 is 0 Å². The van der Waals surface area contributed by atoms with E-state index in [-0.39, 0.29) is 30.7 Å². The highest BCUT2D eigenvalue weighted by molar-refractivity contribution is 5.94. The Morgan fingerprint density at radius 1 is 1.23 bits per heavy atom. The molecule has 7 heteroatoms. The predicted molar refractivity (Wildman–Crippen MR) is 76.8 cm³/mol. The molecule has 2 N–H and O–H groups in total. The molecule has 0 aromatic heterocycles. The lowest BCUT2D eigenvalue weighted by Gasteiger charge is -2.25. The number of hydrogen-bond acceptors (Lipinski definition) is 3. The maximum absolute atomic E-state index is 13.8. The van der Waals surface area contributed by atoms with E-state index in [9.17, 15) is 23.5 Å². The Balaban J connectivity index is 2.94. The van der Waals surface area contributed by atoms with Gasteiger partial charge < -0.3 is 15.2 Å². The number of carbonyl (C=O) groups is 2. The summed E-state index contributed by atoms with van der Waals surface area (Å²) in [5, 5.41) is 11.5. The fourth-order valence-electron chi connectivity index (χ4n) is 2.16. The number of hydrogen-bond donors (Lipinski definition) is 2. The van der Waals surface area contributed by atoms with Crippen molar-refractivity contribution in [3.63, 3.8) is 0 Å². The van der Waals surface area contributed by atoms with Crippen molar-refractivity contribution in [3.05, 3.63) is 23.8 Å². The molecule has 0 heterocycles. The Kier molecular flexibility index (Phi) is 5.84. The molecule has 0 aliphatic heterocycles. The molecule has 0 radical (unpaired) electrons. The molecule has 0 saturated heterocycles. The van der Waals surface area contributed by atoms with Gasteiger partial charge in [-0.15, -0.1) is 0 Å². The van der Waals surface area contributed by atoms with Gasteiger partial charge in [0.15, 0.2) is 17.4 Å². The Morgan fingerprint density at radius 2 is 1.82 bits per heavy atom. The number of ether oxygens (including phenoxy) is 1. The summed E-state index contributed by atoms with van der Waals surface area (Å²) in [6.45, 7) is 3.33. The monoisotopic (exact) mass is 315 g/mol. The van der Waals surface area contributed by atoms with Gasteiger partial charge in [0, 0.05) is 18.6 Å². The van der Waals surface area contributed by atoms with Crippen molar-refractivity contribution in [2.45, 2.75) is 33.1 Å². The van der Waals surface area contributed by atoms with Gasteiger partial charge in [-0.1, -0.05) is 13.8 Å². The van der Waals surface area contributed by atoms with Crippen molar-refractivity contribution in [3.8, 4) is 5.75 Å². The van der Waals surface area contributed by atoms with Crippen molar-refractivity contribution in [1.82, 2.24) is 0 Å². The molecule has 1 aromatic rings. The molecule has 122 valence electrons. The number of rotatable bonds is 7. The van der Waals surface area contributed by atoms with Crippen molar-refractivity contribution in [2.75, 3.05) is 12.4 Å². The van der Waals surface area contributed by atoms with Crippen molar-refractivity contribution >= 4 is 17.6 Å². The third-order valence-corrected chi connectivity index (χ3v) is 3.82. The van der Waals surface area contributed by atoms with E-state index >= 15 is 0 Å². The molecule has 5 nitrogen and oxygen atoms in total. The van der Waals surface area contributed by atoms with Crippen LogP contribution in [0.5, 0.6) is 5.75 Å². The average molecular weight is 315 g/mol. The number of anilines is 1. The molecule has 0 aliphatic rings. The minimum atomic E-state index is -1.22. The van der Waals surface area contributed by atoms with E-state index in [1.165, 1.54) is 7.11 Å². The highest BCUT2D eigenvalue weighted by Gasteiger charge is 2.37. The van der Waals surface area contributed by atoms with Gasteiger partial charge in [0.05, 0.1) is 18.2 Å². The smallest absolute Gasteiger partial charge is 0.310 e. The number of aliphatic carboxylic acids is 1. The Bertz CT molecular complexity index is 571. The molecule has 0 saturated carbocycles. The summed E-state index contributed by atoms with van der Waals surface area (Å²) in [6.07, 6.45) is 0.194. The first-order valence-electron chi connectivity index (χ1n) is 6.86. The van der Waals surface area contributed by atoms with Crippen molar-refractivity contribution in [2.24, 2.45) is 5.41 Å². The molecule has 1 aromatic carbocycles. The van der Waals surface area contributed by atoms with Crippen LogP contribution in [0.1, 0.15) is 33.1 Å². The number of nitrogens with one attached hydrogen (secondary N) is 1. The second-order valence-electron chi connectivity index (χ2n) is 4.98. The maximum Gasteiger partial charge on any atom is 0.310 e. The first-order valence-corrected chi connectivity index (χ1v) is 6.86. The molecule has 0 bridgehead atoms. The molecule has 0 spiro atoms. The maximum atomic E-state index is 13.8. The molecule has 0 aliphatic carbocycles. The third kappa shape index (κ3) is 3.72. The Labute approximate surface area is 127 Å². The predicted octanol–water partition coefficient (Wildman–Crippen LogP) is 3.19. The lowest BCUT2D eigenvalue weighted by Crippen LogP contribution is -2.34. The third-order valence-electron chi connectivity index (χ3n) is 3.82. The lowest BCUT2D eigenvalue weighted by molar-refractivity contribution is -0.151.